The fourth-order valence-electron chi connectivity index (χ4n) is 9.45. The van der Waals surface area contributed by atoms with Gasteiger partial charge in [0.25, 0.3) is 0 Å². The highest BCUT2D eigenvalue weighted by Crippen LogP contribution is 2.46. The van der Waals surface area contributed by atoms with Crippen LogP contribution >= 0.6 is 0 Å². The molecule has 3 heterocycles. The first-order chi connectivity index (χ1) is 33.7. The summed E-state index contributed by atoms with van der Waals surface area (Å²) >= 11 is 0. The SMILES string of the molecule is C=C/C(=C\C=C\c1ccccc1)c1cc(-c2nc(-c3ccccc3)nc(-c3ccccc3)n2)cc(-c2ccc(-c3ccccc3)cc2)c1-n1c2ccccc2c2ccc3oc4ccccc4c3c21. The van der Waals surface area contributed by atoms with Crippen molar-refractivity contribution in [2.45, 2.75) is 0 Å². The summed E-state index contributed by atoms with van der Waals surface area (Å²) in [4.78, 5) is 15.6. The first-order valence-corrected chi connectivity index (χ1v) is 22.8. The zero-order valence-electron chi connectivity index (χ0n) is 37.0. The molecule has 0 N–H and O–H groups in total. The zero-order chi connectivity index (χ0) is 45.4. The van der Waals surface area contributed by atoms with Gasteiger partial charge in [0.2, 0.25) is 0 Å². The van der Waals surface area contributed by atoms with Crippen molar-refractivity contribution in [3.05, 3.63) is 254 Å². The number of nitrogens with zero attached hydrogens (tertiary/aromatic N) is 4. The first kappa shape index (κ1) is 40.3. The van der Waals surface area contributed by atoms with Gasteiger partial charge in [-0.05, 0) is 64.2 Å². The van der Waals surface area contributed by atoms with Crippen LogP contribution in [-0.4, -0.2) is 19.5 Å². The molecular weight excluding hydrogens is 829 g/mol. The van der Waals surface area contributed by atoms with Crippen molar-refractivity contribution in [1.29, 1.82) is 0 Å². The molecule has 12 rings (SSSR count). The van der Waals surface area contributed by atoms with E-state index in [1.807, 2.05) is 84.9 Å². The average molecular weight is 871 g/mol. The van der Waals surface area contributed by atoms with Gasteiger partial charge in [0.05, 0.1) is 22.1 Å². The number of furan rings is 1. The molecule has 0 fully saturated rings. The second-order valence-corrected chi connectivity index (χ2v) is 16.8. The molecule has 0 amide bonds. The minimum Gasteiger partial charge on any atom is -0.456 e. The van der Waals surface area contributed by atoms with Crippen LogP contribution in [0.1, 0.15) is 11.1 Å². The van der Waals surface area contributed by atoms with Crippen molar-refractivity contribution in [1.82, 2.24) is 19.5 Å². The molecular formula is C63H42N4O. The van der Waals surface area contributed by atoms with Crippen LogP contribution in [0.4, 0.5) is 0 Å². The van der Waals surface area contributed by atoms with Crippen molar-refractivity contribution in [3.63, 3.8) is 0 Å². The average Bonchev–Trinajstić information content (AvgIpc) is 3.96. The molecule has 12 aromatic rings. The van der Waals surface area contributed by atoms with E-state index in [2.05, 4.69) is 169 Å². The van der Waals surface area contributed by atoms with Crippen LogP contribution in [0.2, 0.25) is 0 Å². The topological polar surface area (TPSA) is 56.7 Å². The highest BCUT2D eigenvalue weighted by molar-refractivity contribution is 6.25. The maximum atomic E-state index is 6.61. The number of benzene rings is 9. The second kappa shape index (κ2) is 17.3. The highest BCUT2D eigenvalue weighted by atomic mass is 16.3. The molecule has 0 saturated heterocycles. The Labute approximate surface area is 394 Å². The molecule has 3 aromatic heterocycles. The number of aromatic nitrogens is 4. The van der Waals surface area contributed by atoms with E-state index in [4.69, 9.17) is 19.4 Å². The van der Waals surface area contributed by atoms with Crippen LogP contribution in [-0.2, 0) is 0 Å². The molecule has 0 saturated carbocycles. The molecule has 0 aliphatic rings. The molecule has 5 nitrogen and oxygen atoms in total. The summed E-state index contributed by atoms with van der Waals surface area (Å²) in [5.74, 6) is 1.74. The third-order valence-electron chi connectivity index (χ3n) is 12.7. The van der Waals surface area contributed by atoms with Gasteiger partial charge in [-0.15, -0.1) is 0 Å². The smallest absolute Gasteiger partial charge is 0.164 e. The fraction of sp³-hybridized carbons (Fsp3) is 0. The summed E-state index contributed by atoms with van der Waals surface area (Å²) in [5.41, 5.74) is 14.7. The third kappa shape index (κ3) is 7.29. The Bertz CT molecular complexity index is 3830. The lowest BCUT2D eigenvalue weighted by Crippen LogP contribution is -2.05. The number of hydrogen-bond acceptors (Lipinski definition) is 4. The third-order valence-corrected chi connectivity index (χ3v) is 12.7. The molecule has 0 spiro atoms. The molecule has 9 aromatic carbocycles. The van der Waals surface area contributed by atoms with Gasteiger partial charge in [0.15, 0.2) is 17.5 Å². The van der Waals surface area contributed by atoms with Crippen molar-refractivity contribution in [3.8, 4) is 62.1 Å². The lowest BCUT2D eigenvalue weighted by atomic mass is 9.91. The molecule has 0 radical (unpaired) electrons. The molecule has 0 bridgehead atoms. The summed E-state index contributed by atoms with van der Waals surface area (Å²) in [7, 11) is 0. The standard InChI is InChI=1S/C63H42N4O/c1-2-43(29-19-22-42-20-7-3-8-21-42)53-40-49(63-65-61(47-25-11-5-12-26-47)64-62(66-63)48-27-13-6-14-28-48)41-54(46-36-34-45(35-37-46)44-23-9-4-10-24-44)59(53)67-55-32-17-15-30-50(55)51-38-39-57-58(60(51)67)52-31-16-18-33-56(52)68-57/h2-41H,1H2/b22-19+,43-29+. The second-order valence-electron chi connectivity index (χ2n) is 16.8. The van der Waals surface area contributed by atoms with E-state index < -0.39 is 0 Å². The lowest BCUT2D eigenvalue weighted by molar-refractivity contribution is 0.669. The maximum absolute atomic E-state index is 6.61. The normalized spacial score (nSPS) is 11.9. The van der Waals surface area contributed by atoms with E-state index in [-0.39, 0.29) is 0 Å². The van der Waals surface area contributed by atoms with Gasteiger partial charge >= 0.3 is 0 Å². The van der Waals surface area contributed by atoms with Gasteiger partial charge in [0.1, 0.15) is 11.2 Å². The van der Waals surface area contributed by atoms with Crippen LogP contribution < -0.4 is 0 Å². The Kier molecular flexibility index (Phi) is 10.3. The summed E-state index contributed by atoms with van der Waals surface area (Å²) in [6.45, 7) is 4.48. The number of rotatable bonds is 10. The predicted octanol–water partition coefficient (Wildman–Crippen LogP) is 16.5. The molecule has 0 unspecified atom stereocenters. The van der Waals surface area contributed by atoms with E-state index >= 15 is 0 Å². The van der Waals surface area contributed by atoms with Crippen molar-refractivity contribution in [2.24, 2.45) is 0 Å². The van der Waals surface area contributed by atoms with Gasteiger partial charge < -0.3 is 8.98 Å². The van der Waals surface area contributed by atoms with E-state index in [1.165, 1.54) is 0 Å². The molecule has 0 aliphatic carbocycles. The Morgan fingerprint density at radius 1 is 0.456 bits per heavy atom. The van der Waals surface area contributed by atoms with Crippen LogP contribution in [0.5, 0.6) is 0 Å². The quantitative estimate of drug-likeness (QED) is 0.129. The van der Waals surface area contributed by atoms with Crippen LogP contribution in [0.25, 0.3) is 117 Å². The van der Waals surface area contributed by atoms with Crippen LogP contribution in [0.15, 0.2) is 248 Å². The Hall–Kier alpha value is -9.19. The molecule has 0 aliphatic heterocycles. The highest BCUT2D eigenvalue weighted by Gasteiger charge is 2.25. The Morgan fingerprint density at radius 2 is 1.00 bits per heavy atom. The van der Waals surface area contributed by atoms with Crippen LogP contribution in [0.3, 0.4) is 0 Å². The van der Waals surface area contributed by atoms with Crippen molar-refractivity contribution >= 4 is 55.4 Å². The molecule has 68 heavy (non-hydrogen) atoms. The maximum Gasteiger partial charge on any atom is 0.164 e. The Balaban J connectivity index is 1.22. The monoisotopic (exact) mass is 870 g/mol. The number of hydrogen-bond donors (Lipinski definition) is 0. The van der Waals surface area contributed by atoms with Gasteiger partial charge in [-0.25, -0.2) is 15.0 Å². The Morgan fingerprint density at radius 3 is 1.66 bits per heavy atom. The first-order valence-electron chi connectivity index (χ1n) is 22.8. The van der Waals surface area contributed by atoms with Gasteiger partial charge in [0, 0.05) is 44.0 Å². The van der Waals surface area contributed by atoms with E-state index in [1.54, 1.807) is 0 Å². The summed E-state index contributed by atoms with van der Waals surface area (Å²) in [6, 6.07) is 75.8. The number of allylic oxidation sites excluding steroid dienone is 4. The zero-order valence-corrected chi connectivity index (χ0v) is 37.0. The van der Waals surface area contributed by atoms with Gasteiger partial charge in [-0.2, -0.15) is 0 Å². The van der Waals surface area contributed by atoms with Crippen molar-refractivity contribution < 1.29 is 4.42 Å². The van der Waals surface area contributed by atoms with E-state index in [0.717, 1.165) is 105 Å². The number of para-hydroxylation sites is 2. The minimum absolute atomic E-state index is 0.557. The molecule has 5 heteroatoms. The van der Waals surface area contributed by atoms with Crippen LogP contribution in [0, 0.1) is 0 Å². The molecule has 0 atom stereocenters. The van der Waals surface area contributed by atoms with Gasteiger partial charge in [-0.3, -0.25) is 0 Å². The summed E-state index contributed by atoms with van der Waals surface area (Å²) in [5, 5.41) is 4.38. The lowest BCUT2D eigenvalue weighted by Gasteiger charge is -2.22. The largest absolute Gasteiger partial charge is 0.456 e. The molecule has 320 valence electrons. The van der Waals surface area contributed by atoms with Crippen molar-refractivity contribution in [2.75, 3.05) is 0 Å². The minimum atomic E-state index is 0.557. The van der Waals surface area contributed by atoms with Gasteiger partial charge in [-0.1, -0.05) is 213 Å². The van der Waals surface area contributed by atoms with E-state index in [0.29, 0.717) is 17.5 Å². The summed E-state index contributed by atoms with van der Waals surface area (Å²) < 4.78 is 9.06. The fourth-order valence-corrected chi connectivity index (χ4v) is 9.45. The number of fused-ring (bicyclic) bond motifs is 7. The van der Waals surface area contributed by atoms with E-state index in [9.17, 15) is 0 Å². The predicted molar refractivity (Wildman–Crippen MR) is 282 cm³/mol. The summed E-state index contributed by atoms with van der Waals surface area (Å²) in [6.07, 6.45) is 8.34.